The number of thioether (sulfide) groups is 1. The Morgan fingerprint density at radius 2 is 1.80 bits per heavy atom. The van der Waals surface area contributed by atoms with Crippen molar-refractivity contribution >= 4 is 22.5 Å². The molecule has 0 spiro atoms. The molecule has 2 aromatic rings. The van der Waals surface area contributed by atoms with E-state index in [4.69, 9.17) is 0 Å². The van der Waals surface area contributed by atoms with Gasteiger partial charge in [0.25, 0.3) is 0 Å². The molecular formula is C14H16S. The van der Waals surface area contributed by atoms with Crippen LogP contribution in [0.1, 0.15) is 19.8 Å². The van der Waals surface area contributed by atoms with Crippen molar-refractivity contribution in [2.24, 2.45) is 0 Å². The van der Waals surface area contributed by atoms with E-state index in [2.05, 4.69) is 49.4 Å². The summed E-state index contributed by atoms with van der Waals surface area (Å²) >= 11 is 1.97. The average molecular weight is 216 g/mol. The molecule has 0 fully saturated rings. The van der Waals surface area contributed by atoms with E-state index in [0.29, 0.717) is 0 Å². The molecule has 0 aromatic heterocycles. The summed E-state index contributed by atoms with van der Waals surface area (Å²) in [5, 5.41) is 2.74. The topological polar surface area (TPSA) is 0 Å². The van der Waals surface area contributed by atoms with Crippen molar-refractivity contribution in [3.05, 3.63) is 42.5 Å². The Labute approximate surface area is 95.7 Å². The van der Waals surface area contributed by atoms with Crippen molar-refractivity contribution in [1.82, 2.24) is 0 Å². The third-order valence-corrected chi connectivity index (χ3v) is 3.66. The van der Waals surface area contributed by atoms with Gasteiger partial charge in [0.1, 0.15) is 0 Å². The van der Waals surface area contributed by atoms with Crippen molar-refractivity contribution < 1.29 is 0 Å². The lowest BCUT2D eigenvalue weighted by Crippen LogP contribution is -1.80. The molecule has 2 aromatic carbocycles. The minimum atomic E-state index is 1.23. The number of hydrogen-bond acceptors (Lipinski definition) is 1. The van der Waals surface area contributed by atoms with E-state index < -0.39 is 0 Å². The SMILES string of the molecule is CCCCSc1cccc2ccccc12. The number of hydrogen-bond donors (Lipinski definition) is 0. The second-order valence-electron chi connectivity index (χ2n) is 3.68. The summed E-state index contributed by atoms with van der Waals surface area (Å²) in [6.07, 6.45) is 2.58. The lowest BCUT2D eigenvalue weighted by molar-refractivity contribution is 0.896. The molecule has 0 N–H and O–H groups in total. The third-order valence-electron chi connectivity index (χ3n) is 2.51. The molecule has 0 aliphatic carbocycles. The van der Waals surface area contributed by atoms with Crippen molar-refractivity contribution in [1.29, 1.82) is 0 Å². The molecule has 0 aliphatic rings. The summed E-state index contributed by atoms with van der Waals surface area (Å²) in [7, 11) is 0. The van der Waals surface area contributed by atoms with Crippen LogP contribution in [0, 0.1) is 0 Å². The van der Waals surface area contributed by atoms with Gasteiger partial charge in [0, 0.05) is 4.90 Å². The van der Waals surface area contributed by atoms with Gasteiger partial charge in [0.2, 0.25) is 0 Å². The summed E-state index contributed by atoms with van der Waals surface area (Å²) < 4.78 is 0. The van der Waals surface area contributed by atoms with Crippen LogP contribution in [0.25, 0.3) is 10.8 Å². The Morgan fingerprint density at radius 3 is 2.67 bits per heavy atom. The van der Waals surface area contributed by atoms with Crippen LogP contribution < -0.4 is 0 Å². The van der Waals surface area contributed by atoms with Crippen LogP contribution in [0.4, 0.5) is 0 Å². The first-order valence-corrected chi connectivity index (χ1v) is 6.51. The summed E-state index contributed by atoms with van der Waals surface area (Å²) in [4.78, 5) is 1.42. The van der Waals surface area contributed by atoms with Crippen molar-refractivity contribution in [3.8, 4) is 0 Å². The van der Waals surface area contributed by atoms with Gasteiger partial charge in [-0.25, -0.2) is 0 Å². The zero-order valence-electron chi connectivity index (χ0n) is 9.07. The van der Waals surface area contributed by atoms with E-state index >= 15 is 0 Å². The summed E-state index contributed by atoms with van der Waals surface area (Å²) in [5.74, 6) is 1.23. The summed E-state index contributed by atoms with van der Waals surface area (Å²) in [6, 6.07) is 15.2. The highest BCUT2D eigenvalue weighted by molar-refractivity contribution is 7.99. The molecule has 0 saturated heterocycles. The Morgan fingerprint density at radius 1 is 1.00 bits per heavy atom. The van der Waals surface area contributed by atoms with Crippen LogP contribution in [0.5, 0.6) is 0 Å². The minimum absolute atomic E-state index is 1.23. The fourth-order valence-corrected chi connectivity index (χ4v) is 2.82. The molecule has 0 bridgehead atoms. The molecule has 0 radical (unpaired) electrons. The van der Waals surface area contributed by atoms with Crippen molar-refractivity contribution in [2.75, 3.05) is 5.75 Å². The molecule has 0 amide bonds. The second-order valence-corrected chi connectivity index (χ2v) is 4.82. The maximum absolute atomic E-state index is 2.24. The molecule has 0 saturated carbocycles. The lowest BCUT2D eigenvalue weighted by atomic mass is 10.1. The quantitative estimate of drug-likeness (QED) is 0.526. The maximum Gasteiger partial charge on any atom is 0.0150 e. The van der Waals surface area contributed by atoms with Crippen molar-refractivity contribution in [3.63, 3.8) is 0 Å². The fraction of sp³-hybridized carbons (Fsp3) is 0.286. The van der Waals surface area contributed by atoms with Gasteiger partial charge in [-0.3, -0.25) is 0 Å². The molecule has 2 rings (SSSR count). The minimum Gasteiger partial charge on any atom is -0.126 e. The van der Waals surface area contributed by atoms with E-state index in [1.165, 1.54) is 34.3 Å². The summed E-state index contributed by atoms with van der Waals surface area (Å²) in [5.41, 5.74) is 0. The third kappa shape index (κ3) is 2.54. The number of rotatable bonds is 4. The molecule has 0 unspecified atom stereocenters. The number of unbranched alkanes of at least 4 members (excludes halogenated alkanes) is 1. The standard InChI is InChI=1S/C14H16S/c1-2-3-11-15-14-10-6-8-12-7-4-5-9-13(12)14/h4-10H,2-3,11H2,1H3. The van der Waals surface area contributed by atoms with Gasteiger partial charge in [-0.2, -0.15) is 0 Å². The molecule has 0 heterocycles. The molecule has 78 valence electrons. The monoisotopic (exact) mass is 216 g/mol. The van der Waals surface area contributed by atoms with E-state index in [1.54, 1.807) is 0 Å². The normalized spacial score (nSPS) is 10.7. The number of fused-ring (bicyclic) bond motifs is 1. The fourth-order valence-electron chi connectivity index (χ4n) is 1.65. The number of benzene rings is 2. The van der Waals surface area contributed by atoms with Crippen LogP contribution in [0.15, 0.2) is 47.4 Å². The molecule has 0 nitrogen and oxygen atoms in total. The zero-order chi connectivity index (χ0) is 10.5. The van der Waals surface area contributed by atoms with Crippen LogP contribution in [-0.2, 0) is 0 Å². The zero-order valence-corrected chi connectivity index (χ0v) is 9.89. The van der Waals surface area contributed by atoms with Crippen LogP contribution in [0.3, 0.4) is 0 Å². The highest BCUT2D eigenvalue weighted by Crippen LogP contribution is 2.28. The Balaban J connectivity index is 2.26. The van der Waals surface area contributed by atoms with Gasteiger partial charge in [-0.15, -0.1) is 11.8 Å². The molecule has 15 heavy (non-hydrogen) atoms. The Kier molecular flexibility index (Phi) is 3.68. The van der Waals surface area contributed by atoms with Crippen LogP contribution >= 0.6 is 11.8 Å². The Bertz CT molecular complexity index is 429. The lowest BCUT2D eigenvalue weighted by Gasteiger charge is -2.05. The molecule has 0 aliphatic heterocycles. The van der Waals surface area contributed by atoms with Crippen LogP contribution in [0.2, 0.25) is 0 Å². The van der Waals surface area contributed by atoms with Gasteiger partial charge in [-0.1, -0.05) is 49.7 Å². The largest absolute Gasteiger partial charge is 0.126 e. The van der Waals surface area contributed by atoms with Crippen molar-refractivity contribution in [2.45, 2.75) is 24.7 Å². The molecule has 0 atom stereocenters. The van der Waals surface area contributed by atoms with Gasteiger partial charge in [0.05, 0.1) is 0 Å². The maximum atomic E-state index is 2.24. The van der Waals surface area contributed by atoms with E-state index in [-0.39, 0.29) is 0 Å². The van der Waals surface area contributed by atoms with E-state index in [0.717, 1.165) is 0 Å². The Hall–Kier alpha value is -0.950. The molecule has 1 heteroatoms. The predicted octanol–water partition coefficient (Wildman–Crippen LogP) is 4.73. The van der Waals surface area contributed by atoms with E-state index in [1.807, 2.05) is 11.8 Å². The predicted molar refractivity (Wildman–Crippen MR) is 69.6 cm³/mol. The second kappa shape index (κ2) is 5.22. The first-order chi connectivity index (χ1) is 7.42. The highest BCUT2D eigenvalue weighted by atomic mass is 32.2. The first-order valence-electron chi connectivity index (χ1n) is 5.52. The van der Waals surface area contributed by atoms with Gasteiger partial charge >= 0.3 is 0 Å². The van der Waals surface area contributed by atoms with Gasteiger partial charge in [0.15, 0.2) is 0 Å². The average Bonchev–Trinajstić information content (AvgIpc) is 2.30. The highest BCUT2D eigenvalue weighted by Gasteiger charge is 1.99. The van der Waals surface area contributed by atoms with E-state index in [9.17, 15) is 0 Å². The van der Waals surface area contributed by atoms with Crippen LogP contribution in [-0.4, -0.2) is 5.75 Å². The molecular weight excluding hydrogens is 200 g/mol. The summed E-state index contributed by atoms with van der Waals surface area (Å²) in [6.45, 7) is 2.24. The van der Waals surface area contributed by atoms with Gasteiger partial charge in [-0.05, 0) is 29.0 Å². The first kappa shape index (κ1) is 10.6. The smallest absolute Gasteiger partial charge is 0.0150 e. The van der Waals surface area contributed by atoms with Gasteiger partial charge < -0.3 is 0 Å².